The van der Waals surface area contributed by atoms with Crippen LogP contribution in [0.2, 0.25) is 0 Å². The molecule has 0 unspecified atom stereocenters. The molecule has 0 bridgehead atoms. The molecule has 2 aromatic rings. The van der Waals surface area contributed by atoms with E-state index in [1.807, 2.05) is 6.07 Å². The summed E-state index contributed by atoms with van der Waals surface area (Å²) in [5.41, 5.74) is 1.55. The van der Waals surface area contributed by atoms with Gasteiger partial charge in [0, 0.05) is 13.6 Å². The van der Waals surface area contributed by atoms with Crippen LogP contribution < -0.4 is 4.74 Å². The molecule has 134 valence electrons. The van der Waals surface area contributed by atoms with Crippen molar-refractivity contribution in [3.8, 4) is 5.75 Å². The average molecular weight is 363 g/mol. The van der Waals surface area contributed by atoms with Crippen molar-refractivity contribution in [2.24, 2.45) is 0 Å². The van der Waals surface area contributed by atoms with Crippen LogP contribution in [0.25, 0.3) is 0 Å². The topological polar surface area (TPSA) is 72.9 Å². The lowest BCUT2D eigenvalue weighted by Crippen LogP contribution is -2.27. The van der Waals surface area contributed by atoms with E-state index in [9.17, 15) is 13.2 Å². The van der Waals surface area contributed by atoms with Crippen molar-refractivity contribution in [1.82, 2.24) is 4.31 Å². The van der Waals surface area contributed by atoms with E-state index in [4.69, 9.17) is 4.74 Å². The summed E-state index contributed by atoms with van der Waals surface area (Å²) in [7, 11) is 0.544. The van der Waals surface area contributed by atoms with E-state index >= 15 is 0 Å². The second kappa shape index (κ2) is 7.67. The molecule has 0 heterocycles. The molecule has 0 aliphatic carbocycles. The largest absolute Gasteiger partial charge is 0.497 e. The predicted molar refractivity (Wildman–Crippen MR) is 94.2 cm³/mol. The molecular weight excluding hydrogens is 342 g/mol. The lowest BCUT2D eigenvalue weighted by atomic mass is 10.1. The smallest absolute Gasteiger partial charge is 0.337 e. The van der Waals surface area contributed by atoms with Crippen molar-refractivity contribution < 1.29 is 22.7 Å². The van der Waals surface area contributed by atoms with Crippen molar-refractivity contribution in [2.75, 3.05) is 21.3 Å². The third-order valence-corrected chi connectivity index (χ3v) is 5.78. The molecule has 25 heavy (non-hydrogen) atoms. The van der Waals surface area contributed by atoms with Crippen LogP contribution in [0.1, 0.15) is 21.5 Å². The van der Waals surface area contributed by atoms with Gasteiger partial charge in [0.25, 0.3) is 0 Å². The number of sulfonamides is 1. The summed E-state index contributed by atoms with van der Waals surface area (Å²) in [6, 6.07) is 11.7. The highest BCUT2D eigenvalue weighted by molar-refractivity contribution is 7.89. The summed E-state index contributed by atoms with van der Waals surface area (Å²) in [6.45, 7) is 1.87. The molecule has 0 spiro atoms. The van der Waals surface area contributed by atoms with Gasteiger partial charge in [-0.1, -0.05) is 18.2 Å². The molecule has 0 N–H and O–H groups in total. The van der Waals surface area contributed by atoms with Gasteiger partial charge in [-0.3, -0.25) is 0 Å². The maximum atomic E-state index is 12.9. The highest BCUT2D eigenvalue weighted by atomic mass is 32.2. The quantitative estimate of drug-likeness (QED) is 0.738. The van der Waals surface area contributed by atoms with Gasteiger partial charge in [-0.25, -0.2) is 13.2 Å². The lowest BCUT2D eigenvalue weighted by Gasteiger charge is -2.19. The number of methoxy groups -OCH3 is 2. The van der Waals surface area contributed by atoms with Crippen molar-refractivity contribution in [1.29, 1.82) is 0 Å². The minimum atomic E-state index is -3.77. The van der Waals surface area contributed by atoms with Crippen LogP contribution >= 0.6 is 0 Å². The van der Waals surface area contributed by atoms with Gasteiger partial charge < -0.3 is 9.47 Å². The van der Waals surface area contributed by atoms with Crippen LogP contribution in [0.3, 0.4) is 0 Å². The second-order valence-electron chi connectivity index (χ2n) is 5.58. The molecule has 0 fully saturated rings. The maximum Gasteiger partial charge on any atom is 0.337 e. The fourth-order valence-corrected chi connectivity index (χ4v) is 3.81. The van der Waals surface area contributed by atoms with E-state index in [0.717, 1.165) is 5.56 Å². The Morgan fingerprint density at radius 1 is 1.12 bits per heavy atom. The van der Waals surface area contributed by atoms with E-state index < -0.39 is 16.0 Å². The van der Waals surface area contributed by atoms with Crippen LogP contribution in [0.5, 0.6) is 5.75 Å². The summed E-state index contributed by atoms with van der Waals surface area (Å²) in [5.74, 6) is 0.0825. The van der Waals surface area contributed by atoms with Gasteiger partial charge in [-0.2, -0.15) is 4.31 Å². The fourth-order valence-electron chi connectivity index (χ4n) is 2.40. The number of ether oxygens (including phenoxy) is 2. The molecule has 0 saturated heterocycles. The molecule has 0 saturated carbocycles. The van der Waals surface area contributed by atoms with E-state index in [0.29, 0.717) is 11.3 Å². The Labute approximate surface area is 148 Å². The van der Waals surface area contributed by atoms with Crippen LogP contribution in [0.4, 0.5) is 0 Å². The van der Waals surface area contributed by atoms with Gasteiger partial charge in [-0.15, -0.1) is 0 Å². The van der Waals surface area contributed by atoms with Crippen LogP contribution in [-0.2, 0) is 21.3 Å². The summed E-state index contributed by atoms with van der Waals surface area (Å²) < 4.78 is 36.9. The van der Waals surface area contributed by atoms with E-state index in [-0.39, 0.29) is 17.0 Å². The Morgan fingerprint density at radius 2 is 1.84 bits per heavy atom. The standard InChI is InChI=1S/C18H21NO5S/c1-13-8-9-15(18(20)24-4)11-17(13)25(21,22)19(2)12-14-6-5-7-16(10-14)23-3/h5-11H,12H2,1-4H3. The highest BCUT2D eigenvalue weighted by Gasteiger charge is 2.24. The Kier molecular flexibility index (Phi) is 5.81. The molecule has 2 rings (SSSR count). The number of rotatable bonds is 6. The average Bonchev–Trinajstić information content (AvgIpc) is 2.61. The third kappa shape index (κ3) is 4.18. The summed E-state index contributed by atoms with van der Waals surface area (Å²) in [5, 5.41) is 0. The zero-order valence-electron chi connectivity index (χ0n) is 14.6. The first kappa shape index (κ1) is 19.0. The number of nitrogens with zero attached hydrogens (tertiary/aromatic N) is 1. The predicted octanol–water partition coefficient (Wildman–Crippen LogP) is 2.61. The fraction of sp³-hybridized carbons (Fsp3) is 0.278. The highest BCUT2D eigenvalue weighted by Crippen LogP contribution is 2.23. The molecule has 0 aliphatic rings. The number of esters is 1. The van der Waals surface area contributed by atoms with Crippen LogP contribution in [0, 0.1) is 6.92 Å². The summed E-state index contributed by atoms with van der Waals surface area (Å²) >= 11 is 0. The van der Waals surface area contributed by atoms with Gasteiger partial charge in [-0.05, 0) is 42.3 Å². The van der Waals surface area contributed by atoms with Crippen molar-refractivity contribution >= 4 is 16.0 Å². The van der Waals surface area contributed by atoms with Gasteiger partial charge in [0.15, 0.2) is 0 Å². The van der Waals surface area contributed by atoms with Crippen molar-refractivity contribution in [3.63, 3.8) is 0 Å². The molecule has 2 aromatic carbocycles. The third-order valence-electron chi connectivity index (χ3n) is 3.84. The Bertz CT molecular complexity index is 877. The number of hydrogen-bond donors (Lipinski definition) is 0. The first-order chi connectivity index (χ1) is 11.8. The van der Waals surface area contributed by atoms with Gasteiger partial charge in [0.05, 0.1) is 24.7 Å². The zero-order valence-corrected chi connectivity index (χ0v) is 15.5. The molecule has 0 amide bonds. The molecule has 0 radical (unpaired) electrons. The number of hydrogen-bond acceptors (Lipinski definition) is 5. The SMILES string of the molecule is COC(=O)c1ccc(C)c(S(=O)(=O)N(C)Cc2cccc(OC)c2)c1. The number of carbonyl (C=O) groups is 1. The van der Waals surface area contributed by atoms with E-state index in [1.165, 1.54) is 24.5 Å². The molecule has 7 heteroatoms. The first-order valence-electron chi connectivity index (χ1n) is 7.58. The maximum absolute atomic E-state index is 12.9. The van der Waals surface area contributed by atoms with Crippen LogP contribution in [0.15, 0.2) is 47.4 Å². The van der Waals surface area contributed by atoms with Crippen molar-refractivity contribution in [2.45, 2.75) is 18.4 Å². The number of carbonyl (C=O) groups excluding carboxylic acids is 1. The van der Waals surface area contributed by atoms with Crippen molar-refractivity contribution in [3.05, 3.63) is 59.2 Å². The van der Waals surface area contributed by atoms with Gasteiger partial charge >= 0.3 is 5.97 Å². The Balaban J connectivity index is 2.35. The lowest BCUT2D eigenvalue weighted by molar-refractivity contribution is 0.0600. The molecule has 0 aromatic heterocycles. The molecule has 0 atom stereocenters. The van der Waals surface area contributed by atoms with Gasteiger partial charge in [0.2, 0.25) is 10.0 Å². The molecule has 0 aliphatic heterocycles. The Hall–Kier alpha value is -2.38. The summed E-state index contributed by atoms with van der Waals surface area (Å²) in [6.07, 6.45) is 0. The molecular formula is C18H21NO5S. The molecule has 6 nitrogen and oxygen atoms in total. The zero-order chi connectivity index (χ0) is 18.6. The van der Waals surface area contributed by atoms with Crippen LogP contribution in [-0.4, -0.2) is 40.0 Å². The Morgan fingerprint density at radius 3 is 2.48 bits per heavy atom. The monoisotopic (exact) mass is 363 g/mol. The van der Waals surface area contributed by atoms with E-state index in [2.05, 4.69) is 4.74 Å². The minimum absolute atomic E-state index is 0.0841. The normalized spacial score (nSPS) is 11.4. The summed E-state index contributed by atoms with van der Waals surface area (Å²) in [4.78, 5) is 11.8. The minimum Gasteiger partial charge on any atom is -0.497 e. The number of benzene rings is 2. The first-order valence-corrected chi connectivity index (χ1v) is 9.02. The number of aryl methyl sites for hydroxylation is 1. The van der Waals surface area contributed by atoms with E-state index in [1.54, 1.807) is 44.4 Å². The van der Waals surface area contributed by atoms with Gasteiger partial charge in [0.1, 0.15) is 5.75 Å². The second-order valence-corrected chi connectivity index (χ2v) is 7.60.